The van der Waals surface area contributed by atoms with Crippen LogP contribution >= 0.6 is 0 Å². The topological polar surface area (TPSA) is 112 Å². The maximum atomic E-state index is 11.7. The van der Waals surface area contributed by atoms with Crippen LogP contribution in [0, 0.1) is 34.0 Å². The van der Waals surface area contributed by atoms with Crippen molar-refractivity contribution in [2.45, 2.75) is 6.54 Å². The predicted octanol–water partition coefficient (Wildman–Crippen LogP) is 1.17. The fraction of sp³-hybridized carbons (Fsp3) is 0.0769. The number of nitriles is 3. The zero-order valence-corrected chi connectivity index (χ0v) is 9.69. The smallest absolute Gasteiger partial charge is 0.254 e. The number of hydrogen-bond acceptors (Lipinski definition) is 5. The molecule has 90 valence electrons. The Morgan fingerprint density at radius 3 is 2.58 bits per heavy atom. The van der Waals surface area contributed by atoms with Crippen LogP contribution in [-0.2, 0) is 6.54 Å². The number of nitrogens with one attached hydrogen (secondary N) is 2. The van der Waals surface area contributed by atoms with Crippen molar-refractivity contribution in [1.29, 1.82) is 15.8 Å². The van der Waals surface area contributed by atoms with Gasteiger partial charge in [0.15, 0.2) is 5.57 Å². The van der Waals surface area contributed by atoms with Gasteiger partial charge in [0.1, 0.15) is 23.9 Å². The largest absolute Gasteiger partial charge is 0.348 e. The van der Waals surface area contributed by atoms with E-state index in [2.05, 4.69) is 10.6 Å². The molecule has 1 aromatic carbocycles. The molecule has 1 aliphatic heterocycles. The second-order valence-corrected chi connectivity index (χ2v) is 3.73. The molecule has 0 atom stereocenters. The molecule has 0 aliphatic carbocycles. The highest BCUT2D eigenvalue weighted by atomic mass is 16.1. The normalized spacial score (nSPS) is 11.3. The summed E-state index contributed by atoms with van der Waals surface area (Å²) in [6, 6.07) is 10.2. The van der Waals surface area contributed by atoms with Crippen molar-refractivity contribution in [3.05, 3.63) is 40.6 Å². The fourth-order valence-corrected chi connectivity index (χ4v) is 1.80. The van der Waals surface area contributed by atoms with Crippen LogP contribution in [0.2, 0.25) is 0 Å². The van der Waals surface area contributed by atoms with E-state index in [1.165, 1.54) is 0 Å². The Balaban J connectivity index is 2.48. The summed E-state index contributed by atoms with van der Waals surface area (Å²) in [7, 11) is 0. The first-order chi connectivity index (χ1) is 9.21. The monoisotopic (exact) mass is 249 g/mol. The van der Waals surface area contributed by atoms with E-state index in [0.717, 1.165) is 5.56 Å². The fourth-order valence-electron chi connectivity index (χ4n) is 1.80. The van der Waals surface area contributed by atoms with E-state index in [4.69, 9.17) is 15.8 Å². The van der Waals surface area contributed by atoms with E-state index in [1.807, 2.05) is 0 Å². The van der Waals surface area contributed by atoms with Gasteiger partial charge in [-0.1, -0.05) is 12.1 Å². The van der Waals surface area contributed by atoms with Crippen LogP contribution < -0.4 is 10.6 Å². The van der Waals surface area contributed by atoms with Gasteiger partial charge in [-0.3, -0.25) is 4.79 Å². The Morgan fingerprint density at radius 1 is 1.21 bits per heavy atom. The maximum Gasteiger partial charge on any atom is 0.254 e. The molecule has 6 nitrogen and oxygen atoms in total. The summed E-state index contributed by atoms with van der Waals surface area (Å²) in [5.41, 5.74) is 1.16. The Kier molecular flexibility index (Phi) is 3.14. The molecule has 0 spiro atoms. The standard InChI is InChI=1S/C13H7N5O/c14-4-9(5-15)11(6-16)18-10-3-1-2-8-7-17-13(19)12(8)10/h1-3,18H,7H2,(H,17,19). The molecular weight excluding hydrogens is 242 g/mol. The van der Waals surface area contributed by atoms with Crippen LogP contribution in [0.1, 0.15) is 15.9 Å². The van der Waals surface area contributed by atoms with E-state index in [1.54, 1.807) is 36.4 Å². The number of amides is 1. The zero-order valence-electron chi connectivity index (χ0n) is 9.69. The first-order valence-corrected chi connectivity index (χ1v) is 5.33. The maximum absolute atomic E-state index is 11.7. The predicted molar refractivity (Wildman–Crippen MR) is 65.1 cm³/mol. The molecule has 2 rings (SSSR count). The third kappa shape index (κ3) is 2.09. The molecule has 2 N–H and O–H groups in total. The molecule has 19 heavy (non-hydrogen) atoms. The number of carbonyl (C=O) groups excluding carboxylic acids is 1. The molecular formula is C13H7N5O. The third-order valence-electron chi connectivity index (χ3n) is 2.66. The van der Waals surface area contributed by atoms with Gasteiger partial charge >= 0.3 is 0 Å². The first-order valence-electron chi connectivity index (χ1n) is 5.33. The summed E-state index contributed by atoms with van der Waals surface area (Å²) in [6.45, 7) is 0.429. The average Bonchev–Trinajstić information content (AvgIpc) is 2.81. The van der Waals surface area contributed by atoms with Gasteiger partial charge in [-0.05, 0) is 11.6 Å². The number of carbonyl (C=O) groups is 1. The summed E-state index contributed by atoms with van der Waals surface area (Å²) in [4.78, 5) is 11.7. The van der Waals surface area contributed by atoms with E-state index in [-0.39, 0.29) is 17.2 Å². The molecule has 0 bridgehead atoms. The van der Waals surface area contributed by atoms with Crippen LogP contribution in [0.4, 0.5) is 5.69 Å². The molecule has 0 unspecified atom stereocenters. The van der Waals surface area contributed by atoms with Crippen molar-refractivity contribution in [2.75, 3.05) is 5.32 Å². The number of fused-ring (bicyclic) bond motifs is 1. The average molecular weight is 249 g/mol. The van der Waals surface area contributed by atoms with Gasteiger partial charge in [0, 0.05) is 6.54 Å². The molecule has 0 saturated heterocycles. The van der Waals surface area contributed by atoms with Crippen molar-refractivity contribution in [2.24, 2.45) is 0 Å². The number of nitrogens with zero attached hydrogens (tertiary/aromatic N) is 3. The van der Waals surface area contributed by atoms with Crippen molar-refractivity contribution in [3.63, 3.8) is 0 Å². The Morgan fingerprint density at radius 2 is 1.95 bits per heavy atom. The molecule has 0 saturated carbocycles. The minimum absolute atomic E-state index is 0.168. The summed E-state index contributed by atoms with van der Waals surface area (Å²) < 4.78 is 0. The number of hydrogen-bond donors (Lipinski definition) is 2. The van der Waals surface area contributed by atoms with Gasteiger partial charge in [-0.15, -0.1) is 0 Å². The lowest BCUT2D eigenvalue weighted by Gasteiger charge is -2.08. The summed E-state index contributed by atoms with van der Waals surface area (Å²) in [6.07, 6.45) is 0. The number of allylic oxidation sites excluding steroid dienone is 2. The quantitative estimate of drug-likeness (QED) is 0.764. The van der Waals surface area contributed by atoms with Crippen LogP contribution in [0.5, 0.6) is 0 Å². The van der Waals surface area contributed by atoms with Gasteiger partial charge in [-0.2, -0.15) is 15.8 Å². The first kappa shape index (κ1) is 12.2. The van der Waals surface area contributed by atoms with Crippen LogP contribution in [0.15, 0.2) is 29.5 Å². The van der Waals surface area contributed by atoms with Crippen LogP contribution in [0.3, 0.4) is 0 Å². The van der Waals surface area contributed by atoms with Gasteiger partial charge in [0.25, 0.3) is 5.91 Å². The zero-order chi connectivity index (χ0) is 13.8. The summed E-state index contributed by atoms with van der Waals surface area (Å²) in [5.74, 6) is -0.245. The molecule has 0 fully saturated rings. The van der Waals surface area contributed by atoms with Gasteiger partial charge in [0.2, 0.25) is 0 Å². The van der Waals surface area contributed by atoms with Crippen molar-refractivity contribution < 1.29 is 4.79 Å². The van der Waals surface area contributed by atoms with Gasteiger partial charge in [-0.25, -0.2) is 0 Å². The lowest BCUT2D eigenvalue weighted by molar-refractivity contribution is 0.0966. The van der Waals surface area contributed by atoms with Crippen molar-refractivity contribution in [1.82, 2.24) is 5.32 Å². The number of rotatable bonds is 2. The number of anilines is 1. The second-order valence-electron chi connectivity index (χ2n) is 3.73. The highest BCUT2D eigenvalue weighted by Gasteiger charge is 2.22. The van der Waals surface area contributed by atoms with Crippen LogP contribution in [-0.4, -0.2) is 5.91 Å². The van der Waals surface area contributed by atoms with Crippen molar-refractivity contribution in [3.8, 4) is 18.2 Å². The lowest BCUT2D eigenvalue weighted by atomic mass is 10.1. The minimum Gasteiger partial charge on any atom is -0.348 e. The molecule has 1 aliphatic rings. The van der Waals surface area contributed by atoms with Crippen LogP contribution in [0.25, 0.3) is 0 Å². The molecule has 1 amide bonds. The molecule has 6 heteroatoms. The van der Waals surface area contributed by atoms with Crippen molar-refractivity contribution >= 4 is 11.6 Å². The van der Waals surface area contributed by atoms with Gasteiger partial charge < -0.3 is 10.6 Å². The van der Waals surface area contributed by atoms with E-state index in [9.17, 15) is 4.79 Å². The van der Waals surface area contributed by atoms with E-state index >= 15 is 0 Å². The van der Waals surface area contributed by atoms with E-state index < -0.39 is 0 Å². The van der Waals surface area contributed by atoms with Gasteiger partial charge in [0.05, 0.1) is 11.3 Å². The van der Waals surface area contributed by atoms with E-state index in [0.29, 0.717) is 17.8 Å². The highest BCUT2D eigenvalue weighted by molar-refractivity contribution is 6.03. The molecule has 0 radical (unpaired) electrons. The third-order valence-corrected chi connectivity index (χ3v) is 2.66. The molecule has 0 aromatic heterocycles. The minimum atomic E-state index is -0.321. The molecule has 1 heterocycles. The highest BCUT2D eigenvalue weighted by Crippen LogP contribution is 2.25. The summed E-state index contributed by atoms with van der Waals surface area (Å²) >= 11 is 0. The SMILES string of the molecule is N#CC(C#N)=C(C#N)Nc1cccc2c1C(=O)NC2. The lowest BCUT2D eigenvalue weighted by Crippen LogP contribution is -2.14. The number of benzene rings is 1. The second kappa shape index (κ2) is 4.91. The Labute approximate surface area is 109 Å². The Hall–Kier alpha value is -3.30. The Bertz CT molecular complexity index is 696. The summed E-state index contributed by atoms with van der Waals surface area (Å²) in [5, 5.41) is 31.8. The molecule has 1 aromatic rings.